The standard InChI is InChI=1S/C21H25ClN4O3/c1-12-11-25(21(28)29)6-7-26(12)20(27)14-3-5-16-18(9-14)24-17-8-13(10-23)2-4-15(17)19(16)22/h3,5,9,12-13H,2,4,6-8,10-11,23H2,1H3,(H,28,29)/t12-,13?/m0/s1. The molecule has 2 aromatic rings. The summed E-state index contributed by atoms with van der Waals surface area (Å²) in [6, 6.07) is 5.26. The van der Waals surface area contributed by atoms with Gasteiger partial charge in [0.25, 0.3) is 5.91 Å². The number of carbonyl (C=O) groups is 2. The maximum absolute atomic E-state index is 13.1. The lowest BCUT2D eigenvalue weighted by molar-refractivity contribution is 0.0484. The highest BCUT2D eigenvalue weighted by Gasteiger charge is 2.30. The number of halogens is 1. The van der Waals surface area contributed by atoms with E-state index >= 15 is 0 Å². The van der Waals surface area contributed by atoms with Gasteiger partial charge in [-0.25, -0.2) is 4.79 Å². The molecule has 0 radical (unpaired) electrons. The van der Waals surface area contributed by atoms with E-state index in [9.17, 15) is 9.59 Å². The molecule has 1 saturated heterocycles. The summed E-state index contributed by atoms with van der Waals surface area (Å²) in [5.41, 5.74) is 9.19. The van der Waals surface area contributed by atoms with Gasteiger partial charge in [0.1, 0.15) is 0 Å². The molecule has 0 saturated carbocycles. The average Bonchev–Trinajstić information content (AvgIpc) is 2.72. The number of hydrogen-bond donors (Lipinski definition) is 2. The molecule has 1 aromatic carbocycles. The monoisotopic (exact) mass is 416 g/mol. The van der Waals surface area contributed by atoms with Crippen LogP contribution in [0.15, 0.2) is 18.2 Å². The third-order valence-electron chi connectivity index (χ3n) is 6.13. The summed E-state index contributed by atoms with van der Waals surface area (Å²) >= 11 is 6.67. The number of aromatic nitrogens is 1. The fourth-order valence-electron chi connectivity index (χ4n) is 4.39. The highest BCUT2D eigenvalue weighted by Crippen LogP contribution is 2.34. The number of rotatable bonds is 2. The molecular weight excluding hydrogens is 392 g/mol. The first-order valence-electron chi connectivity index (χ1n) is 9.99. The number of piperazine rings is 1. The van der Waals surface area contributed by atoms with Crippen LogP contribution in [0, 0.1) is 5.92 Å². The van der Waals surface area contributed by atoms with Crippen molar-refractivity contribution in [3.63, 3.8) is 0 Å². The molecule has 1 aliphatic carbocycles. The maximum atomic E-state index is 13.1. The Kier molecular flexibility index (Phi) is 5.36. The number of fused-ring (bicyclic) bond motifs is 2. The summed E-state index contributed by atoms with van der Waals surface area (Å²) in [6.45, 7) is 3.51. The Morgan fingerprint density at radius 1 is 1.34 bits per heavy atom. The minimum absolute atomic E-state index is 0.111. The van der Waals surface area contributed by atoms with Crippen molar-refractivity contribution in [1.29, 1.82) is 0 Å². The highest BCUT2D eigenvalue weighted by atomic mass is 35.5. The van der Waals surface area contributed by atoms with Crippen molar-refractivity contribution in [2.45, 2.75) is 32.2 Å². The van der Waals surface area contributed by atoms with Crippen LogP contribution in [0.5, 0.6) is 0 Å². The van der Waals surface area contributed by atoms with Crippen molar-refractivity contribution in [3.05, 3.63) is 40.0 Å². The quantitative estimate of drug-likeness (QED) is 0.784. The van der Waals surface area contributed by atoms with Crippen LogP contribution in [-0.4, -0.2) is 64.1 Å². The zero-order chi connectivity index (χ0) is 20.7. The van der Waals surface area contributed by atoms with Crippen LogP contribution >= 0.6 is 11.6 Å². The number of carboxylic acid groups (broad SMARTS) is 1. The van der Waals surface area contributed by atoms with Gasteiger partial charge in [-0.05, 0) is 56.3 Å². The van der Waals surface area contributed by atoms with Gasteiger partial charge in [-0.1, -0.05) is 17.7 Å². The van der Waals surface area contributed by atoms with Crippen LogP contribution < -0.4 is 5.73 Å². The van der Waals surface area contributed by atoms with Gasteiger partial charge < -0.3 is 20.6 Å². The van der Waals surface area contributed by atoms with E-state index in [1.54, 1.807) is 17.0 Å². The van der Waals surface area contributed by atoms with Crippen molar-refractivity contribution >= 4 is 34.5 Å². The number of nitrogens with two attached hydrogens (primary N) is 1. The number of amides is 2. The predicted molar refractivity (Wildman–Crippen MR) is 111 cm³/mol. The van der Waals surface area contributed by atoms with Crippen molar-refractivity contribution in [2.75, 3.05) is 26.2 Å². The second-order valence-corrected chi connectivity index (χ2v) is 8.38. The molecule has 3 N–H and O–H groups in total. The largest absolute Gasteiger partial charge is 0.465 e. The second kappa shape index (κ2) is 7.80. The number of hydrogen-bond acceptors (Lipinski definition) is 4. The van der Waals surface area contributed by atoms with Crippen molar-refractivity contribution in [1.82, 2.24) is 14.8 Å². The lowest BCUT2D eigenvalue weighted by Crippen LogP contribution is -2.55. The Balaban J connectivity index is 1.63. The van der Waals surface area contributed by atoms with Gasteiger partial charge in [0.05, 0.1) is 10.5 Å². The fraction of sp³-hybridized carbons (Fsp3) is 0.476. The van der Waals surface area contributed by atoms with E-state index in [0.717, 1.165) is 40.9 Å². The van der Waals surface area contributed by atoms with E-state index < -0.39 is 6.09 Å². The van der Waals surface area contributed by atoms with E-state index in [-0.39, 0.29) is 11.9 Å². The predicted octanol–water partition coefficient (Wildman–Crippen LogP) is 2.78. The number of pyridine rings is 1. The van der Waals surface area contributed by atoms with E-state index in [1.807, 2.05) is 13.0 Å². The minimum atomic E-state index is -0.950. The topological polar surface area (TPSA) is 99.8 Å². The molecule has 1 aliphatic heterocycles. The minimum Gasteiger partial charge on any atom is -0.465 e. The van der Waals surface area contributed by atoms with E-state index in [4.69, 9.17) is 27.4 Å². The first-order valence-corrected chi connectivity index (χ1v) is 10.4. The Labute approximate surface area is 174 Å². The van der Waals surface area contributed by atoms with Gasteiger partial charge in [-0.3, -0.25) is 9.78 Å². The normalized spacial score (nSPS) is 21.9. The molecule has 154 valence electrons. The summed E-state index contributed by atoms with van der Waals surface area (Å²) in [4.78, 5) is 32.2. The maximum Gasteiger partial charge on any atom is 0.407 e. The first-order chi connectivity index (χ1) is 13.9. The molecule has 2 amide bonds. The van der Waals surface area contributed by atoms with Gasteiger partial charge in [0, 0.05) is 42.3 Å². The molecule has 1 fully saturated rings. The van der Waals surface area contributed by atoms with Gasteiger partial charge in [0.15, 0.2) is 0 Å². The highest BCUT2D eigenvalue weighted by molar-refractivity contribution is 6.36. The summed E-state index contributed by atoms with van der Waals surface area (Å²) in [5, 5.41) is 10.8. The molecule has 7 nitrogen and oxygen atoms in total. The molecule has 4 rings (SSSR count). The van der Waals surface area contributed by atoms with Crippen LogP contribution in [0.2, 0.25) is 5.02 Å². The Bertz CT molecular complexity index is 980. The van der Waals surface area contributed by atoms with E-state index in [0.29, 0.717) is 43.2 Å². The van der Waals surface area contributed by atoms with Crippen molar-refractivity contribution in [2.24, 2.45) is 11.7 Å². The third kappa shape index (κ3) is 3.65. The van der Waals surface area contributed by atoms with Crippen molar-refractivity contribution in [3.8, 4) is 0 Å². The summed E-state index contributed by atoms with van der Waals surface area (Å²) in [7, 11) is 0. The first kappa shape index (κ1) is 19.9. The smallest absolute Gasteiger partial charge is 0.407 e. The number of carbonyl (C=O) groups excluding carboxylic acids is 1. The molecule has 1 unspecified atom stereocenters. The SMILES string of the molecule is C[C@H]1CN(C(=O)O)CCN1C(=O)c1ccc2c(Cl)c3c(nc2c1)CC(CN)CC3. The molecule has 2 atom stereocenters. The van der Waals surface area contributed by atoms with E-state index in [2.05, 4.69) is 0 Å². The molecule has 2 heterocycles. The van der Waals surface area contributed by atoms with Crippen LogP contribution in [-0.2, 0) is 12.8 Å². The van der Waals surface area contributed by atoms with E-state index in [1.165, 1.54) is 4.90 Å². The Morgan fingerprint density at radius 3 is 2.83 bits per heavy atom. The van der Waals surface area contributed by atoms with Gasteiger partial charge in [-0.15, -0.1) is 0 Å². The van der Waals surface area contributed by atoms with Crippen LogP contribution in [0.4, 0.5) is 4.79 Å². The third-order valence-corrected chi connectivity index (χ3v) is 6.56. The number of nitrogens with zero attached hydrogens (tertiary/aromatic N) is 3. The second-order valence-electron chi connectivity index (χ2n) is 8.00. The summed E-state index contributed by atoms with van der Waals surface area (Å²) in [6.07, 6.45) is 1.76. The van der Waals surface area contributed by atoms with Crippen LogP contribution in [0.1, 0.15) is 35.0 Å². The summed E-state index contributed by atoms with van der Waals surface area (Å²) in [5.74, 6) is 0.305. The Hall–Kier alpha value is -2.38. The van der Waals surface area contributed by atoms with Gasteiger partial charge in [-0.2, -0.15) is 0 Å². The molecule has 8 heteroatoms. The summed E-state index contributed by atoms with van der Waals surface area (Å²) < 4.78 is 0. The lowest BCUT2D eigenvalue weighted by Gasteiger charge is -2.38. The molecule has 2 aliphatic rings. The van der Waals surface area contributed by atoms with Gasteiger partial charge in [0.2, 0.25) is 0 Å². The number of benzene rings is 1. The molecular formula is C21H25ClN4O3. The average molecular weight is 417 g/mol. The van der Waals surface area contributed by atoms with Crippen molar-refractivity contribution < 1.29 is 14.7 Å². The molecule has 1 aromatic heterocycles. The molecule has 0 bridgehead atoms. The Morgan fingerprint density at radius 2 is 2.14 bits per heavy atom. The molecule has 0 spiro atoms. The lowest BCUT2D eigenvalue weighted by atomic mass is 9.86. The zero-order valence-corrected chi connectivity index (χ0v) is 17.2. The van der Waals surface area contributed by atoms with Gasteiger partial charge >= 0.3 is 6.09 Å². The fourth-order valence-corrected chi connectivity index (χ4v) is 4.76. The molecule has 29 heavy (non-hydrogen) atoms. The van der Waals surface area contributed by atoms with Crippen LogP contribution in [0.25, 0.3) is 10.9 Å². The zero-order valence-electron chi connectivity index (χ0n) is 16.4. The van der Waals surface area contributed by atoms with Crippen LogP contribution in [0.3, 0.4) is 0 Å².